The summed E-state index contributed by atoms with van der Waals surface area (Å²) in [5.74, 6) is 0.684. The molecule has 2 N–H and O–H groups in total. The average Bonchev–Trinajstić information content (AvgIpc) is 2.54. The summed E-state index contributed by atoms with van der Waals surface area (Å²) in [7, 11) is 1.33. The first-order valence-corrected chi connectivity index (χ1v) is 7.23. The van der Waals surface area contributed by atoms with E-state index in [-0.39, 0.29) is 0 Å². The van der Waals surface area contributed by atoms with Crippen LogP contribution in [-0.4, -0.2) is 29.6 Å². The van der Waals surface area contributed by atoms with Crippen LogP contribution in [0.15, 0.2) is 30.5 Å². The van der Waals surface area contributed by atoms with E-state index in [2.05, 4.69) is 27.5 Å². The van der Waals surface area contributed by atoms with Crippen LogP contribution in [0.5, 0.6) is 0 Å². The molecule has 0 spiro atoms. The molecule has 22 heavy (non-hydrogen) atoms. The zero-order valence-corrected chi connectivity index (χ0v) is 13.1. The Hall–Kier alpha value is -2.34. The molecule has 0 aliphatic heterocycles. The molecule has 0 bridgehead atoms. The van der Waals surface area contributed by atoms with Crippen LogP contribution in [0.1, 0.15) is 23.7 Å². The number of carbonyl (C=O) groups is 1. The Morgan fingerprint density at radius 2 is 2.18 bits per heavy atom. The number of nitrogens with one attached hydrogen (secondary N) is 2. The molecule has 0 fully saturated rings. The van der Waals surface area contributed by atoms with E-state index >= 15 is 0 Å². The van der Waals surface area contributed by atoms with Gasteiger partial charge in [0.1, 0.15) is 5.82 Å². The van der Waals surface area contributed by atoms with Gasteiger partial charge in [0.15, 0.2) is 0 Å². The summed E-state index contributed by atoms with van der Waals surface area (Å²) < 4.78 is 4.69. The number of aromatic nitrogens is 2. The number of carbonyl (C=O) groups excluding carboxylic acids is 1. The van der Waals surface area contributed by atoms with Crippen molar-refractivity contribution in [3.05, 3.63) is 41.0 Å². The predicted octanol–water partition coefficient (Wildman–Crippen LogP) is 3.48. The van der Waals surface area contributed by atoms with Gasteiger partial charge in [0, 0.05) is 12.7 Å². The van der Waals surface area contributed by atoms with Gasteiger partial charge < -0.3 is 15.4 Å². The van der Waals surface area contributed by atoms with Crippen LogP contribution in [0.4, 0.5) is 17.5 Å². The standard InChI is InChI=1S/C15H17ClN4O2/c1-3-7-17-13-6-8-18-15(20-13)19-12-9-10(14(21)22-2)4-5-11(12)16/h4-6,8-9H,3,7H2,1-2H3,(H2,17,18,19,20). The molecule has 7 heteroatoms. The van der Waals surface area contributed by atoms with Crippen LogP contribution in [0.25, 0.3) is 0 Å². The second-order valence-corrected chi connectivity index (χ2v) is 4.91. The fraction of sp³-hybridized carbons (Fsp3) is 0.267. The number of benzene rings is 1. The van der Waals surface area contributed by atoms with Crippen LogP contribution in [0.3, 0.4) is 0 Å². The molecule has 0 aliphatic rings. The Balaban J connectivity index is 2.21. The van der Waals surface area contributed by atoms with Crippen molar-refractivity contribution in [2.45, 2.75) is 13.3 Å². The quantitative estimate of drug-likeness (QED) is 0.794. The molecule has 0 saturated carbocycles. The van der Waals surface area contributed by atoms with Crippen molar-refractivity contribution in [3.8, 4) is 0 Å². The molecular formula is C15H17ClN4O2. The lowest BCUT2D eigenvalue weighted by molar-refractivity contribution is 0.0601. The van der Waals surface area contributed by atoms with Gasteiger partial charge in [0.25, 0.3) is 0 Å². The summed E-state index contributed by atoms with van der Waals surface area (Å²) >= 11 is 6.13. The highest BCUT2D eigenvalue weighted by Gasteiger charge is 2.10. The van der Waals surface area contributed by atoms with E-state index in [4.69, 9.17) is 16.3 Å². The monoisotopic (exact) mass is 320 g/mol. The molecule has 0 unspecified atom stereocenters. The predicted molar refractivity (Wildman–Crippen MR) is 86.9 cm³/mol. The largest absolute Gasteiger partial charge is 0.465 e. The first kappa shape index (κ1) is 16.0. The maximum Gasteiger partial charge on any atom is 0.337 e. The molecule has 1 aromatic heterocycles. The Labute approximate surface area is 133 Å². The Bertz CT molecular complexity index is 664. The van der Waals surface area contributed by atoms with Crippen LogP contribution in [0.2, 0.25) is 5.02 Å². The van der Waals surface area contributed by atoms with Crippen molar-refractivity contribution in [1.29, 1.82) is 0 Å². The van der Waals surface area contributed by atoms with E-state index in [0.29, 0.717) is 22.2 Å². The normalized spacial score (nSPS) is 10.1. The molecule has 1 aromatic carbocycles. The fourth-order valence-electron chi connectivity index (χ4n) is 1.76. The molecule has 2 rings (SSSR count). The molecule has 116 valence electrons. The number of rotatable bonds is 6. The highest BCUT2D eigenvalue weighted by molar-refractivity contribution is 6.33. The average molecular weight is 321 g/mol. The van der Waals surface area contributed by atoms with Crippen LogP contribution in [0, 0.1) is 0 Å². The van der Waals surface area contributed by atoms with Crippen LogP contribution in [-0.2, 0) is 4.74 Å². The van der Waals surface area contributed by atoms with Crippen molar-refractivity contribution < 1.29 is 9.53 Å². The molecule has 6 nitrogen and oxygen atoms in total. The maximum atomic E-state index is 11.6. The van der Waals surface area contributed by atoms with Crippen LogP contribution < -0.4 is 10.6 Å². The van der Waals surface area contributed by atoms with Crippen molar-refractivity contribution in [2.24, 2.45) is 0 Å². The SMILES string of the molecule is CCCNc1ccnc(Nc2cc(C(=O)OC)ccc2Cl)n1. The summed E-state index contributed by atoms with van der Waals surface area (Å²) in [6, 6.07) is 6.60. The highest BCUT2D eigenvalue weighted by Crippen LogP contribution is 2.26. The second kappa shape index (κ2) is 7.61. The minimum Gasteiger partial charge on any atom is -0.465 e. The molecular weight excluding hydrogens is 304 g/mol. The number of hydrogen-bond donors (Lipinski definition) is 2. The van der Waals surface area contributed by atoms with Gasteiger partial charge in [-0.25, -0.2) is 9.78 Å². The van der Waals surface area contributed by atoms with E-state index in [1.165, 1.54) is 7.11 Å². The number of halogens is 1. The van der Waals surface area contributed by atoms with Gasteiger partial charge in [0.2, 0.25) is 5.95 Å². The number of anilines is 3. The minimum atomic E-state index is -0.431. The minimum absolute atomic E-state index is 0.394. The lowest BCUT2D eigenvalue weighted by Crippen LogP contribution is -2.06. The zero-order chi connectivity index (χ0) is 15.9. The van der Waals surface area contributed by atoms with Crippen molar-refractivity contribution in [1.82, 2.24) is 9.97 Å². The maximum absolute atomic E-state index is 11.6. The third kappa shape index (κ3) is 4.08. The zero-order valence-electron chi connectivity index (χ0n) is 12.4. The molecule has 0 radical (unpaired) electrons. The highest BCUT2D eigenvalue weighted by atomic mass is 35.5. The van der Waals surface area contributed by atoms with E-state index < -0.39 is 5.97 Å². The van der Waals surface area contributed by atoms with Crippen molar-refractivity contribution in [3.63, 3.8) is 0 Å². The third-order valence-electron chi connectivity index (χ3n) is 2.85. The Kier molecular flexibility index (Phi) is 5.55. The van der Waals surface area contributed by atoms with Gasteiger partial charge in [0.05, 0.1) is 23.4 Å². The molecule has 1 heterocycles. The molecule has 0 saturated heterocycles. The van der Waals surface area contributed by atoms with E-state index in [9.17, 15) is 4.79 Å². The van der Waals surface area contributed by atoms with Gasteiger partial charge in [-0.3, -0.25) is 0 Å². The van der Waals surface area contributed by atoms with E-state index in [0.717, 1.165) is 18.8 Å². The van der Waals surface area contributed by atoms with E-state index in [1.807, 2.05) is 0 Å². The number of nitrogens with zero attached hydrogens (tertiary/aromatic N) is 2. The van der Waals surface area contributed by atoms with E-state index in [1.54, 1.807) is 30.5 Å². The summed E-state index contributed by atoms with van der Waals surface area (Å²) in [5, 5.41) is 6.64. The van der Waals surface area contributed by atoms with Crippen LogP contribution >= 0.6 is 11.6 Å². The van der Waals surface area contributed by atoms with Gasteiger partial charge >= 0.3 is 5.97 Å². The number of ether oxygens (including phenoxy) is 1. The fourth-order valence-corrected chi connectivity index (χ4v) is 1.92. The summed E-state index contributed by atoms with van der Waals surface area (Å²) in [6.07, 6.45) is 2.64. The molecule has 2 aromatic rings. The molecule has 0 aliphatic carbocycles. The number of esters is 1. The molecule has 0 amide bonds. The van der Waals surface area contributed by atoms with Gasteiger partial charge in [-0.15, -0.1) is 0 Å². The summed E-state index contributed by atoms with van der Waals surface area (Å²) in [4.78, 5) is 20.0. The summed E-state index contributed by atoms with van der Waals surface area (Å²) in [6.45, 7) is 2.90. The van der Waals surface area contributed by atoms with Gasteiger partial charge in [-0.2, -0.15) is 4.98 Å². The number of hydrogen-bond acceptors (Lipinski definition) is 6. The smallest absolute Gasteiger partial charge is 0.337 e. The summed E-state index contributed by atoms with van der Waals surface area (Å²) in [5.41, 5.74) is 0.937. The first-order valence-electron chi connectivity index (χ1n) is 6.86. The third-order valence-corrected chi connectivity index (χ3v) is 3.18. The van der Waals surface area contributed by atoms with Gasteiger partial charge in [-0.1, -0.05) is 18.5 Å². The lowest BCUT2D eigenvalue weighted by atomic mass is 10.2. The molecule has 0 atom stereocenters. The second-order valence-electron chi connectivity index (χ2n) is 4.50. The van der Waals surface area contributed by atoms with Crippen molar-refractivity contribution in [2.75, 3.05) is 24.3 Å². The first-order chi connectivity index (χ1) is 10.6. The number of methoxy groups -OCH3 is 1. The lowest BCUT2D eigenvalue weighted by Gasteiger charge is -2.10. The topological polar surface area (TPSA) is 76.1 Å². The van der Waals surface area contributed by atoms with Gasteiger partial charge in [-0.05, 0) is 30.7 Å². The Morgan fingerprint density at radius 1 is 1.36 bits per heavy atom. The Morgan fingerprint density at radius 3 is 2.91 bits per heavy atom. The van der Waals surface area contributed by atoms with Crippen molar-refractivity contribution >= 4 is 35.0 Å².